The third kappa shape index (κ3) is 4.21. The fraction of sp³-hybridized carbons (Fsp3) is 0.571. The normalized spacial score (nSPS) is 21.6. The smallest absolute Gasteiger partial charge is 0.262 e. The van der Waals surface area contributed by atoms with Crippen LogP contribution in [-0.4, -0.2) is 38.7 Å². The van der Waals surface area contributed by atoms with Gasteiger partial charge in [-0.1, -0.05) is 37.7 Å². The van der Waals surface area contributed by atoms with E-state index in [1.165, 1.54) is 18.2 Å². The molecular formula is C21H29N3O2S. The van der Waals surface area contributed by atoms with Crippen LogP contribution in [0.15, 0.2) is 34.2 Å². The number of hydrogen-bond acceptors (Lipinski definition) is 4. The van der Waals surface area contributed by atoms with Gasteiger partial charge in [-0.15, -0.1) is 0 Å². The molecule has 1 aromatic heterocycles. The molecule has 6 heteroatoms. The van der Waals surface area contributed by atoms with Crippen LogP contribution < -0.4 is 5.56 Å². The van der Waals surface area contributed by atoms with Crippen LogP contribution >= 0.6 is 11.8 Å². The Kier molecular flexibility index (Phi) is 5.94. The Morgan fingerprint density at radius 1 is 1.15 bits per heavy atom. The molecule has 1 aliphatic rings. The van der Waals surface area contributed by atoms with Gasteiger partial charge in [0.2, 0.25) is 5.91 Å². The molecule has 0 spiro atoms. The fourth-order valence-corrected chi connectivity index (χ4v) is 5.10. The Hall–Kier alpha value is -1.82. The maximum absolute atomic E-state index is 13.0. The molecule has 0 bridgehead atoms. The van der Waals surface area contributed by atoms with E-state index in [1.807, 2.05) is 49.9 Å². The van der Waals surface area contributed by atoms with Gasteiger partial charge in [0.25, 0.3) is 5.56 Å². The fourth-order valence-electron chi connectivity index (χ4n) is 3.97. The molecule has 0 N–H and O–H groups in total. The van der Waals surface area contributed by atoms with Crippen LogP contribution in [0.4, 0.5) is 0 Å². The summed E-state index contributed by atoms with van der Waals surface area (Å²) in [5, 5.41) is 0.960. The van der Waals surface area contributed by atoms with Crippen molar-refractivity contribution in [3.05, 3.63) is 34.6 Å². The van der Waals surface area contributed by atoms with Crippen LogP contribution in [0.5, 0.6) is 0 Å². The molecule has 0 radical (unpaired) electrons. The maximum Gasteiger partial charge on any atom is 0.262 e. The third-order valence-corrected chi connectivity index (χ3v) is 6.16. The molecular weight excluding hydrogens is 358 g/mol. The zero-order valence-corrected chi connectivity index (χ0v) is 17.6. The zero-order chi connectivity index (χ0) is 19.7. The van der Waals surface area contributed by atoms with Crippen molar-refractivity contribution >= 4 is 28.6 Å². The highest BCUT2D eigenvalue weighted by Gasteiger charge is 2.29. The second kappa shape index (κ2) is 8.05. The predicted molar refractivity (Wildman–Crippen MR) is 111 cm³/mol. The van der Waals surface area contributed by atoms with Gasteiger partial charge < -0.3 is 4.90 Å². The lowest BCUT2D eigenvalue weighted by atomic mass is 9.92. The minimum atomic E-state index is -0.277. The van der Waals surface area contributed by atoms with E-state index >= 15 is 0 Å². The number of carbonyl (C=O) groups excluding carboxylic acids is 1. The quantitative estimate of drug-likeness (QED) is 0.588. The number of nitrogens with zero attached hydrogens (tertiary/aromatic N) is 3. The first-order valence-corrected chi connectivity index (χ1v) is 10.6. The number of para-hydroxylation sites is 1. The number of hydrogen-bond donors (Lipinski definition) is 0. The summed E-state index contributed by atoms with van der Waals surface area (Å²) in [6, 6.07) is 7.38. The van der Waals surface area contributed by atoms with Gasteiger partial charge in [-0.2, -0.15) is 0 Å². The molecule has 2 aromatic rings. The minimum Gasteiger partial charge on any atom is -0.341 e. The van der Waals surface area contributed by atoms with Crippen LogP contribution in [0.3, 0.4) is 0 Å². The largest absolute Gasteiger partial charge is 0.341 e. The molecule has 3 rings (SSSR count). The number of likely N-dealkylation sites (tertiary alicyclic amines) is 1. The lowest BCUT2D eigenvalue weighted by Crippen LogP contribution is -2.45. The summed E-state index contributed by atoms with van der Waals surface area (Å²) < 4.78 is 1.71. The van der Waals surface area contributed by atoms with Crippen LogP contribution in [0, 0.1) is 11.8 Å². The zero-order valence-electron chi connectivity index (χ0n) is 16.8. The SMILES string of the molecule is CC1CC(C)CN(C(=O)C(C)Sc2nc3ccccc3c(=O)n2C(C)C)C1. The number of piperidine rings is 1. The molecule has 1 amide bonds. The van der Waals surface area contributed by atoms with Crippen molar-refractivity contribution in [1.29, 1.82) is 0 Å². The topological polar surface area (TPSA) is 55.2 Å². The Balaban J connectivity index is 1.90. The van der Waals surface area contributed by atoms with Crippen molar-refractivity contribution in [2.75, 3.05) is 13.1 Å². The van der Waals surface area contributed by atoms with Gasteiger partial charge in [-0.25, -0.2) is 4.98 Å². The first kappa shape index (κ1) is 19.9. The van der Waals surface area contributed by atoms with Crippen molar-refractivity contribution in [2.24, 2.45) is 11.8 Å². The van der Waals surface area contributed by atoms with E-state index in [-0.39, 0.29) is 22.8 Å². The first-order valence-electron chi connectivity index (χ1n) is 9.74. The Bertz CT molecular complexity index is 883. The van der Waals surface area contributed by atoms with Crippen molar-refractivity contribution in [3.63, 3.8) is 0 Å². The van der Waals surface area contributed by atoms with Crippen LogP contribution in [-0.2, 0) is 4.79 Å². The second-order valence-corrected chi connectivity index (χ2v) is 9.44. The summed E-state index contributed by atoms with van der Waals surface area (Å²) in [4.78, 5) is 32.6. The van der Waals surface area contributed by atoms with E-state index < -0.39 is 0 Å². The summed E-state index contributed by atoms with van der Waals surface area (Å²) >= 11 is 1.39. The van der Waals surface area contributed by atoms with E-state index in [0.717, 1.165) is 13.1 Å². The van der Waals surface area contributed by atoms with Crippen molar-refractivity contribution < 1.29 is 4.79 Å². The highest BCUT2D eigenvalue weighted by Crippen LogP contribution is 2.28. The number of benzene rings is 1. The number of fused-ring (bicyclic) bond motifs is 1. The highest BCUT2D eigenvalue weighted by atomic mass is 32.2. The van der Waals surface area contributed by atoms with Crippen molar-refractivity contribution in [2.45, 2.75) is 57.5 Å². The summed E-state index contributed by atoms with van der Waals surface area (Å²) in [6.45, 7) is 11.9. The standard InChI is InChI=1S/C21H29N3O2S/c1-13(2)24-20(26)17-8-6-7-9-18(17)22-21(24)27-16(5)19(25)23-11-14(3)10-15(4)12-23/h6-9,13-16H,10-12H2,1-5H3. The van der Waals surface area contributed by atoms with Gasteiger partial charge in [0.15, 0.2) is 5.16 Å². The summed E-state index contributed by atoms with van der Waals surface area (Å²) in [6.07, 6.45) is 1.17. The third-order valence-electron chi connectivity index (χ3n) is 5.10. The monoisotopic (exact) mass is 387 g/mol. The number of aromatic nitrogens is 2. The van der Waals surface area contributed by atoms with E-state index in [4.69, 9.17) is 4.98 Å². The lowest BCUT2D eigenvalue weighted by molar-refractivity contribution is -0.132. The van der Waals surface area contributed by atoms with Gasteiger partial charge in [-0.3, -0.25) is 14.2 Å². The van der Waals surface area contributed by atoms with E-state index in [9.17, 15) is 9.59 Å². The minimum absolute atomic E-state index is 0.0190. The number of carbonyl (C=O) groups is 1. The van der Waals surface area contributed by atoms with E-state index in [0.29, 0.717) is 27.9 Å². The average molecular weight is 388 g/mol. The molecule has 1 fully saturated rings. The maximum atomic E-state index is 13.0. The predicted octanol–water partition coefficient (Wildman–Crippen LogP) is 3.96. The van der Waals surface area contributed by atoms with Crippen LogP contribution in [0.2, 0.25) is 0 Å². The average Bonchev–Trinajstić information content (AvgIpc) is 2.60. The first-order chi connectivity index (χ1) is 12.8. The molecule has 1 aliphatic heterocycles. The number of rotatable bonds is 4. The van der Waals surface area contributed by atoms with Crippen LogP contribution in [0.25, 0.3) is 10.9 Å². The van der Waals surface area contributed by atoms with Crippen molar-refractivity contribution in [3.8, 4) is 0 Å². The Morgan fingerprint density at radius 2 is 1.78 bits per heavy atom. The summed E-state index contributed by atoms with van der Waals surface area (Å²) in [5.41, 5.74) is 0.639. The number of amides is 1. The van der Waals surface area contributed by atoms with E-state index in [2.05, 4.69) is 13.8 Å². The van der Waals surface area contributed by atoms with Gasteiger partial charge in [0.05, 0.1) is 16.2 Å². The molecule has 1 saturated heterocycles. The van der Waals surface area contributed by atoms with Crippen molar-refractivity contribution in [1.82, 2.24) is 14.5 Å². The lowest BCUT2D eigenvalue weighted by Gasteiger charge is -2.36. The summed E-state index contributed by atoms with van der Waals surface area (Å²) in [5.74, 6) is 1.20. The van der Waals surface area contributed by atoms with Gasteiger partial charge in [-0.05, 0) is 51.2 Å². The van der Waals surface area contributed by atoms with E-state index in [1.54, 1.807) is 4.57 Å². The molecule has 5 nitrogen and oxygen atoms in total. The molecule has 0 saturated carbocycles. The molecule has 3 unspecified atom stereocenters. The summed E-state index contributed by atoms with van der Waals surface area (Å²) in [7, 11) is 0. The molecule has 0 aliphatic carbocycles. The van der Waals surface area contributed by atoms with Gasteiger partial charge in [0, 0.05) is 19.1 Å². The highest BCUT2D eigenvalue weighted by molar-refractivity contribution is 8.00. The van der Waals surface area contributed by atoms with Gasteiger partial charge >= 0.3 is 0 Å². The Morgan fingerprint density at radius 3 is 2.41 bits per heavy atom. The molecule has 146 valence electrons. The number of thioether (sulfide) groups is 1. The molecule has 3 atom stereocenters. The molecule has 2 heterocycles. The molecule has 27 heavy (non-hydrogen) atoms. The van der Waals surface area contributed by atoms with Gasteiger partial charge in [0.1, 0.15) is 0 Å². The second-order valence-electron chi connectivity index (χ2n) is 8.13. The molecule has 1 aromatic carbocycles. The Labute approximate surface area is 165 Å². The van der Waals surface area contributed by atoms with Crippen LogP contribution in [0.1, 0.15) is 47.1 Å².